The Labute approximate surface area is 690 Å². The molecule has 3 saturated heterocycles. The van der Waals surface area contributed by atoms with Gasteiger partial charge in [0, 0.05) is 172 Å². The fourth-order valence-corrected chi connectivity index (χ4v) is 14.3. The minimum atomic E-state index is -0.469. The van der Waals surface area contributed by atoms with E-state index in [9.17, 15) is 38.4 Å². The quantitative estimate of drug-likeness (QED) is 0.0218. The standard InChI is InChI=1S/C37H41N5O4.C26H27ClN2O3.C11H15N3O.C9H18N2O2.C7H5NO.ClH/c1-25(2)46-35(44)30-23-42(24-37(3,4)32-29-15-8-9-16-31(29)39-33(30)32)34(43)27-12-10-11-26(21-27)22-40-17-19-41(20-18-40)36(45)38-28-13-6-5-7-14-28;1-16(2)32-25(31)20-14-29(24(30)18-9-7-8-17(12-18)13-27)15-26(3,4)22-19-10-5-6-11-21(19)28-23(20)22;15-11(14-8-6-12-7-9-14)13-10-4-2-1-3-5-10;1-9(2,3)13-8(12)11-6-4-10-5-7-11;9-6-8-7-4-2-1-3-5-7;/h5-16,21,23,25,39H,17-20,22,24H2,1-4H3,(H,38,45);5-12,14,16,28H,13,15H2,1-4H3;1-5,12H,6-9H2,(H,13,15);10H,4-7H2,1-3H3;1-5H;1H. The zero-order chi connectivity index (χ0) is 82.4. The molecule has 0 spiro atoms. The van der Waals surface area contributed by atoms with E-state index in [1.165, 1.54) is 6.08 Å². The number of urea groups is 2. The summed E-state index contributed by atoms with van der Waals surface area (Å²) in [6.07, 6.45) is 3.95. The maximum Gasteiger partial charge on any atom is 0.410 e. The van der Waals surface area contributed by atoms with Crippen LogP contribution in [0.4, 0.5) is 31.4 Å². The van der Waals surface area contributed by atoms with Crippen LogP contribution in [-0.2, 0) is 51.8 Å². The van der Waals surface area contributed by atoms with Crippen molar-refractivity contribution in [1.29, 1.82) is 0 Å². The molecule has 2 aromatic heterocycles. The highest BCUT2D eigenvalue weighted by Crippen LogP contribution is 2.43. The highest BCUT2D eigenvalue weighted by Gasteiger charge is 2.40. The number of carbonyl (C=O) groups is 7. The number of halogens is 2. The lowest BCUT2D eigenvalue weighted by molar-refractivity contribution is -0.141. The van der Waals surface area contributed by atoms with Crippen LogP contribution in [-0.4, -0.2) is 197 Å². The molecule has 9 aromatic rings. The van der Waals surface area contributed by atoms with Gasteiger partial charge in [-0.3, -0.25) is 14.5 Å². The number of aromatic nitrogens is 2. The third kappa shape index (κ3) is 24.4. The third-order valence-electron chi connectivity index (χ3n) is 19.4. The van der Waals surface area contributed by atoms with Gasteiger partial charge < -0.3 is 69.9 Å². The summed E-state index contributed by atoms with van der Waals surface area (Å²) in [5.74, 6) is -0.970. The number of aliphatic imine (C=N–C) groups is 1. The Hall–Kier alpha value is -11.4. The van der Waals surface area contributed by atoms with Gasteiger partial charge in [-0.2, -0.15) is 4.99 Å². The van der Waals surface area contributed by atoms with Crippen molar-refractivity contribution in [2.75, 3.05) is 102 Å². The van der Waals surface area contributed by atoms with Crippen LogP contribution in [0, 0.1) is 0 Å². The van der Waals surface area contributed by atoms with Crippen molar-refractivity contribution in [3.63, 3.8) is 0 Å². The Morgan fingerprint density at radius 2 is 0.905 bits per heavy atom. The van der Waals surface area contributed by atoms with Gasteiger partial charge in [0.15, 0.2) is 0 Å². The maximum absolute atomic E-state index is 14.1. The number of esters is 2. The molecule has 0 radical (unpaired) electrons. The number of ether oxygens (including phenoxy) is 3. The fraction of sp³-hybridized carbons (Fsp3) is 0.356. The third-order valence-corrected chi connectivity index (χ3v) is 19.7. The van der Waals surface area contributed by atoms with Gasteiger partial charge in [0.1, 0.15) is 5.60 Å². The highest BCUT2D eigenvalue weighted by atomic mass is 35.5. The predicted octanol–water partition coefficient (Wildman–Crippen LogP) is 15.9. The van der Waals surface area contributed by atoms with Crippen molar-refractivity contribution in [3.05, 3.63) is 245 Å². The Morgan fingerprint density at radius 1 is 0.509 bits per heavy atom. The molecule has 5 aliphatic heterocycles. The number of H-pyrrole nitrogens is 2. The molecular weight excluding hydrogens is 1510 g/mol. The van der Waals surface area contributed by atoms with Crippen molar-refractivity contribution >= 4 is 122 Å². The second-order valence-corrected chi connectivity index (χ2v) is 31.6. The Kier molecular flexibility index (Phi) is 31.5. The van der Waals surface area contributed by atoms with Gasteiger partial charge in [-0.15, -0.1) is 24.0 Å². The number of anilines is 2. The number of benzene rings is 7. The van der Waals surface area contributed by atoms with Gasteiger partial charge in [0.25, 0.3) is 11.8 Å². The molecule has 24 nitrogen and oxygen atoms in total. The van der Waals surface area contributed by atoms with Crippen LogP contribution < -0.4 is 21.3 Å². The summed E-state index contributed by atoms with van der Waals surface area (Å²) in [5, 5.41) is 14.3. The van der Waals surface area contributed by atoms with Gasteiger partial charge in [-0.1, -0.05) is 143 Å². The molecule has 0 aliphatic carbocycles. The van der Waals surface area contributed by atoms with Crippen molar-refractivity contribution < 1.29 is 52.6 Å². The maximum atomic E-state index is 14.1. The number of nitrogens with one attached hydrogen (secondary N) is 6. The lowest BCUT2D eigenvalue weighted by Crippen LogP contribution is -2.49. The van der Waals surface area contributed by atoms with Crippen molar-refractivity contribution in [3.8, 4) is 0 Å². The normalized spacial score (nSPS) is 15.6. The minimum Gasteiger partial charge on any atom is -0.459 e. The van der Waals surface area contributed by atoms with E-state index < -0.39 is 22.8 Å². The molecule has 0 saturated carbocycles. The second-order valence-electron chi connectivity index (χ2n) is 31.4. The monoisotopic (exact) mass is 1620 g/mol. The van der Waals surface area contributed by atoms with Gasteiger partial charge in [0.05, 0.1) is 40.4 Å². The number of fused-ring (bicyclic) bond motifs is 6. The first-order chi connectivity index (χ1) is 55.1. The Balaban J connectivity index is 0.000000188. The summed E-state index contributed by atoms with van der Waals surface area (Å²) >= 11 is 5.97. The van der Waals surface area contributed by atoms with Gasteiger partial charge >= 0.3 is 30.1 Å². The minimum absolute atomic E-state index is 0. The molecule has 7 heterocycles. The first-order valence-corrected chi connectivity index (χ1v) is 39.5. The zero-order valence-corrected chi connectivity index (χ0v) is 69.5. The average molecular weight is 1620 g/mol. The summed E-state index contributed by atoms with van der Waals surface area (Å²) in [4.78, 5) is 121. The molecule has 3 fully saturated rings. The number of piperazine rings is 3. The topological polar surface area (TPSA) is 276 Å². The van der Waals surface area contributed by atoms with Crippen LogP contribution in [0.2, 0.25) is 0 Å². The summed E-state index contributed by atoms with van der Waals surface area (Å²) in [7, 11) is 0. The molecule has 0 bridgehead atoms. The molecule has 612 valence electrons. The van der Waals surface area contributed by atoms with E-state index in [-0.39, 0.29) is 60.2 Å². The Bertz CT molecular complexity index is 4960. The molecule has 7 amide bonds. The number of hydrogen-bond donors (Lipinski definition) is 6. The number of alkyl halides is 1. The number of carbonyl (C=O) groups excluding carboxylic acids is 8. The number of isocyanates is 1. The summed E-state index contributed by atoms with van der Waals surface area (Å²) in [6, 6.07) is 58.8. The SMILES string of the molecule is CC(C)(C)OC(=O)N1CCNCC1.CC(C)OC(=O)C1=CN(C(=O)c2cccc(CCl)c2)CC(C)(C)c2c1[nH]c1ccccc21.CC(C)OC(=O)C1=CN(C(=O)c2cccc(CN3CCN(C(=O)Nc4ccccc4)CC3)c2)CC(C)(C)c2c1[nH]c1ccccc21.Cl.O=C(Nc1ccccc1)N1CCNCC1.O=C=Nc1ccccc1. The summed E-state index contributed by atoms with van der Waals surface area (Å²) < 4.78 is 16.4. The number of para-hydroxylation sites is 5. The number of nitrogens with zero attached hydrogens (tertiary/aromatic N) is 7. The van der Waals surface area contributed by atoms with Crippen LogP contribution in [0.3, 0.4) is 0 Å². The molecule has 5 aliphatic rings. The van der Waals surface area contributed by atoms with Gasteiger partial charge in [-0.25, -0.2) is 28.8 Å². The smallest absolute Gasteiger partial charge is 0.410 e. The molecule has 0 atom stereocenters. The number of hydrogen-bond acceptors (Lipinski definition) is 15. The van der Waals surface area contributed by atoms with E-state index >= 15 is 0 Å². The van der Waals surface area contributed by atoms with Crippen molar-refractivity contribution in [2.24, 2.45) is 4.99 Å². The van der Waals surface area contributed by atoms with E-state index in [1.807, 2.05) is 222 Å². The van der Waals surface area contributed by atoms with Crippen molar-refractivity contribution in [2.45, 2.75) is 117 Å². The number of aromatic amines is 2. The largest absolute Gasteiger partial charge is 0.459 e. The molecule has 7 aromatic carbocycles. The van der Waals surface area contributed by atoms with E-state index in [1.54, 1.807) is 51.4 Å². The molecule has 6 N–H and O–H groups in total. The van der Waals surface area contributed by atoms with Crippen LogP contribution in [0.25, 0.3) is 33.0 Å². The predicted molar refractivity (Wildman–Crippen MR) is 460 cm³/mol. The molecule has 14 rings (SSSR count). The molecule has 0 unspecified atom stereocenters. The van der Waals surface area contributed by atoms with Gasteiger partial charge in [-0.05, 0) is 144 Å². The Morgan fingerprint density at radius 3 is 1.33 bits per heavy atom. The number of rotatable bonds is 12. The van der Waals surface area contributed by atoms with E-state index in [0.717, 1.165) is 121 Å². The summed E-state index contributed by atoms with van der Waals surface area (Å²) in [5.41, 5.74) is 9.92. The second kappa shape index (κ2) is 41.3. The molecular formula is C90H107Cl2N13O11. The first-order valence-electron chi connectivity index (χ1n) is 39.0. The first kappa shape index (κ1) is 88.6. The average Bonchev–Trinajstić information content (AvgIpc) is 1.59. The van der Waals surface area contributed by atoms with E-state index in [2.05, 4.69) is 68.8 Å². The van der Waals surface area contributed by atoms with Crippen molar-refractivity contribution in [1.82, 2.24) is 50.0 Å². The van der Waals surface area contributed by atoms with E-state index in [0.29, 0.717) is 78.0 Å². The highest BCUT2D eigenvalue weighted by molar-refractivity contribution is 6.20. The van der Waals surface area contributed by atoms with Crippen LogP contribution in [0.1, 0.15) is 131 Å². The van der Waals surface area contributed by atoms with Gasteiger partial charge in [0.2, 0.25) is 6.08 Å². The van der Waals surface area contributed by atoms with Crippen LogP contribution in [0.15, 0.2) is 205 Å². The lowest BCUT2D eigenvalue weighted by Gasteiger charge is -2.34. The zero-order valence-electron chi connectivity index (χ0n) is 67.9. The molecule has 116 heavy (non-hydrogen) atoms. The van der Waals surface area contributed by atoms with Crippen LogP contribution >= 0.6 is 24.0 Å². The van der Waals surface area contributed by atoms with E-state index in [4.69, 9.17) is 25.8 Å². The number of amides is 7. The molecule has 26 heteroatoms. The summed E-state index contributed by atoms with van der Waals surface area (Å²) in [6.45, 7) is 32.0. The fourth-order valence-electron chi connectivity index (χ4n) is 14.1. The van der Waals surface area contributed by atoms with Crippen LogP contribution in [0.5, 0.6) is 0 Å². The lowest BCUT2D eigenvalue weighted by atomic mass is 9.81.